The molecule has 0 aliphatic heterocycles. The molecule has 1 fully saturated rings. The SMILES string of the molecule is COc1ccc(CC2(CNC(C)(C)C)CCC2)cc1F. The van der Waals surface area contributed by atoms with E-state index in [-0.39, 0.29) is 11.4 Å². The van der Waals surface area contributed by atoms with Crippen molar-refractivity contribution in [3.8, 4) is 5.75 Å². The van der Waals surface area contributed by atoms with Gasteiger partial charge in [0, 0.05) is 12.1 Å². The number of rotatable bonds is 5. The van der Waals surface area contributed by atoms with Crippen molar-refractivity contribution >= 4 is 0 Å². The largest absolute Gasteiger partial charge is 0.494 e. The van der Waals surface area contributed by atoms with Crippen LogP contribution in [-0.4, -0.2) is 19.2 Å². The lowest BCUT2D eigenvalue weighted by molar-refractivity contribution is 0.118. The molecule has 1 N–H and O–H groups in total. The predicted octanol–water partition coefficient (Wildman–Crippen LogP) is 3.94. The number of methoxy groups -OCH3 is 1. The fourth-order valence-electron chi connectivity index (χ4n) is 2.80. The minimum Gasteiger partial charge on any atom is -0.494 e. The first kappa shape index (κ1) is 15.3. The van der Waals surface area contributed by atoms with Gasteiger partial charge in [0.2, 0.25) is 0 Å². The Morgan fingerprint density at radius 1 is 1.30 bits per heavy atom. The predicted molar refractivity (Wildman–Crippen MR) is 80.7 cm³/mol. The number of ether oxygens (including phenoxy) is 1. The lowest BCUT2D eigenvalue weighted by Gasteiger charge is -2.44. The fraction of sp³-hybridized carbons (Fsp3) is 0.647. The molecule has 0 aromatic heterocycles. The zero-order valence-corrected chi connectivity index (χ0v) is 13.1. The Hall–Kier alpha value is -1.09. The van der Waals surface area contributed by atoms with Gasteiger partial charge in [-0.2, -0.15) is 0 Å². The van der Waals surface area contributed by atoms with E-state index in [1.165, 1.54) is 26.4 Å². The molecule has 0 saturated heterocycles. The van der Waals surface area contributed by atoms with Crippen molar-refractivity contribution in [2.45, 2.75) is 52.0 Å². The van der Waals surface area contributed by atoms with Crippen molar-refractivity contribution in [1.82, 2.24) is 5.32 Å². The van der Waals surface area contributed by atoms with Gasteiger partial charge in [-0.3, -0.25) is 0 Å². The summed E-state index contributed by atoms with van der Waals surface area (Å²) < 4.78 is 18.8. The second kappa shape index (κ2) is 5.72. The number of hydrogen-bond donors (Lipinski definition) is 1. The topological polar surface area (TPSA) is 21.3 Å². The van der Waals surface area contributed by atoms with Gasteiger partial charge in [-0.25, -0.2) is 4.39 Å². The molecule has 112 valence electrons. The summed E-state index contributed by atoms with van der Waals surface area (Å²) in [6.45, 7) is 7.56. The van der Waals surface area contributed by atoms with Crippen molar-refractivity contribution in [3.05, 3.63) is 29.6 Å². The Balaban J connectivity index is 2.04. The fourth-order valence-corrected chi connectivity index (χ4v) is 2.80. The van der Waals surface area contributed by atoms with Crippen LogP contribution in [0.25, 0.3) is 0 Å². The van der Waals surface area contributed by atoms with Crippen molar-refractivity contribution in [2.75, 3.05) is 13.7 Å². The molecule has 0 heterocycles. The highest BCUT2D eigenvalue weighted by Crippen LogP contribution is 2.43. The third kappa shape index (κ3) is 3.72. The van der Waals surface area contributed by atoms with Crippen LogP contribution in [0.4, 0.5) is 4.39 Å². The Morgan fingerprint density at radius 2 is 2.00 bits per heavy atom. The molecule has 0 atom stereocenters. The van der Waals surface area contributed by atoms with Gasteiger partial charge >= 0.3 is 0 Å². The van der Waals surface area contributed by atoms with Crippen LogP contribution in [0.2, 0.25) is 0 Å². The van der Waals surface area contributed by atoms with E-state index in [1.807, 2.05) is 6.07 Å². The summed E-state index contributed by atoms with van der Waals surface area (Å²) in [5.41, 5.74) is 1.50. The van der Waals surface area contributed by atoms with Crippen molar-refractivity contribution in [2.24, 2.45) is 5.41 Å². The van der Waals surface area contributed by atoms with E-state index in [9.17, 15) is 4.39 Å². The maximum atomic E-state index is 13.8. The van der Waals surface area contributed by atoms with Crippen LogP contribution in [0, 0.1) is 11.2 Å². The average molecular weight is 279 g/mol. The van der Waals surface area contributed by atoms with Crippen LogP contribution in [0.3, 0.4) is 0 Å². The van der Waals surface area contributed by atoms with Crippen LogP contribution in [0.5, 0.6) is 5.75 Å². The summed E-state index contributed by atoms with van der Waals surface area (Å²) in [5.74, 6) is 0.0625. The summed E-state index contributed by atoms with van der Waals surface area (Å²) in [6.07, 6.45) is 4.68. The molecular formula is C17H26FNO. The van der Waals surface area contributed by atoms with Crippen molar-refractivity contribution in [1.29, 1.82) is 0 Å². The van der Waals surface area contributed by atoms with Gasteiger partial charge in [-0.05, 0) is 63.1 Å². The van der Waals surface area contributed by atoms with E-state index >= 15 is 0 Å². The third-order valence-electron chi connectivity index (χ3n) is 4.20. The highest BCUT2D eigenvalue weighted by atomic mass is 19.1. The average Bonchev–Trinajstić information content (AvgIpc) is 2.31. The van der Waals surface area contributed by atoms with Crippen LogP contribution < -0.4 is 10.1 Å². The molecule has 0 spiro atoms. The molecule has 1 saturated carbocycles. The highest BCUT2D eigenvalue weighted by Gasteiger charge is 2.37. The summed E-state index contributed by atoms with van der Waals surface area (Å²) in [6, 6.07) is 5.34. The summed E-state index contributed by atoms with van der Waals surface area (Å²) in [4.78, 5) is 0. The maximum absolute atomic E-state index is 13.8. The summed E-state index contributed by atoms with van der Waals surface area (Å²) in [5, 5.41) is 3.60. The molecule has 1 aliphatic carbocycles. The van der Waals surface area contributed by atoms with E-state index in [1.54, 1.807) is 12.1 Å². The minimum absolute atomic E-state index is 0.133. The van der Waals surface area contributed by atoms with Crippen LogP contribution in [0.15, 0.2) is 18.2 Å². The quantitative estimate of drug-likeness (QED) is 0.881. The van der Waals surface area contributed by atoms with E-state index in [2.05, 4.69) is 26.1 Å². The third-order valence-corrected chi connectivity index (χ3v) is 4.20. The zero-order chi connectivity index (χ0) is 14.8. The summed E-state index contributed by atoms with van der Waals surface area (Å²) in [7, 11) is 1.50. The maximum Gasteiger partial charge on any atom is 0.165 e. The lowest BCUT2D eigenvalue weighted by Crippen LogP contribution is -2.47. The molecule has 0 unspecified atom stereocenters. The normalized spacial score (nSPS) is 17.6. The Bertz CT molecular complexity index is 461. The summed E-state index contributed by atoms with van der Waals surface area (Å²) >= 11 is 0. The van der Waals surface area contributed by atoms with E-state index < -0.39 is 0 Å². The van der Waals surface area contributed by atoms with Gasteiger partial charge in [0.1, 0.15) is 0 Å². The van der Waals surface area contributed by atoms with Gasteiger partial charge in [0.15, 0.2) is 11.6 Å². The standard InChI is InChI=1S/C17H26FNO/c1-16(2,3)19-12-17(8-5-9-17)11-13-6-7-15(20-4)14(18)10-13/h6-7,10,19H,5,8-9,11-12H2,1-4H3. The molecule has 0 amide bonds. The first-order valence-corrected chi connectivity index (χ1v) is 7.41. The second-order valence-electron chi connectivity index (χ2n) is 7.10. The van der Waals surface area contributed by atoms with Crippen LogP contribution >= 0.6 is 0 Å². The number of halogens is 1. The van der Waals surface area contributed by atoms with Gasteiger partial charge < -0.3 is 10.1 Å². The Morgan fingerprint density at radius 3 is 2.45 bits per heavy atom. The van der Waals surface area contributed by atoms with Crippen molar-refractivity contribution < 1.29 is 9.13 Å². The van der Waals surface area contributed by atoms with Gasteiger partial charge in [-0.1, -0.05) is 12.5 Å². The molecule has 2 nitrogen and oxygen atoms in total. The van der Waals surface area contributed by atoms with E-state index in [0.29, 0.717) is 11.2 Å². The van der Waals surface area contributed by atoms with E-state index in [0.717, 1.165) is 18.5 Å². The first-order valence-electron chi connectivity index (χ1n) is 7.41. The van der Waals surface area contributed by atoms with Crippen LogP contribution in [0.1, 0.15) is 45.6 Å². The Kier molecular flexibility index (Phi) is 4.38. The molecule has 1 aliphatic rings. The second-order valence-corrected chi connectivity index (χ2v) is 7.10. The molecule has 1 aromatic rings. The molecule has 0 bridgehead atoms. The lowest BCUT2D eigenvalue weighted by atomic mass is 9.65. The van der Waals surface area contributed by atoms with Gasteiger partial charge in [0.05, 0.1) is 7.11 Å². The number of benzene rings is 1. The zero-order valence-electron chi connectivity index (χ0n) is 13.1. The minimum atomic E-state index is -0.261. The molecule has 1 aromatic carbocycles. The Labute approximate surface area is 121 Å². The van der Waals surface area contributed by atoms with Crippen molar-refractivity contribution in [3.63, 3.8) is 0 Å². The first-order chi connectivity index (χ1) is 9.34. The van der Waals surface area contributed by atoms with Crippen LogP contribution in [-0.2, 0) is 6.42 Å². The molecule has 0 radical (unpaired) electrons. The smallest absolute Gasteiger partial charge is 0.165 e. The molecule has 20 heavy (non-hydrogen) atoms. The molecule has 2 rings (SSSR count). The van der Waals surface area contributed by atoms with Gasteiger partial charge in [0.25, 0.3) is 0 Å². The van der Waals surface area contributed by atoms with Gasteiger partial charge in [-0.15, -0.1) is 0 Å². The highest BCUT2D eigenvalue weighted by molar-refractivity contribution is 5.30. The molecular weight excluding hydrogens is 253 g/mol. The molecule has 3 heteroatoms. The van der Waals surface area contributed by atoms with E-state index in [4.69, 9.17) is 4.74 Å². The number of hydrogen-bond acceptors (Lipinski definition) is 2. The monoisotopic (exact) mass is 279 g/mol. The number of nitrogens with one attached hydrogen (secondary N) is 1.